The Labute approximate surface area is 193 Å². The van der Waals surface area contributed by atoms with Crippen molar-refractivity contribution < 1.29 is 22.7 Å². The van der Waals surface area contributed by atoms with Crippen LogP contribution in [0.5, 0.6) is 5.75 Å². The van der Waals surface area contributed by atoms with E-state index in [0.29, 0.717) is 10.8 Å². The molecule has 8 nitrogen and oxygen atoms in total. The second kappa shape index (κ2) is 9.48. The van der Waals surface area contributed by atoms with Crippen LogP contribution < -0.4 is 10.1 Å². The molecule has 1 saturated heterocycles. The van der Waals surface area contributed by atoms with Gasteiger partial charge < -0.3 is 15.0 Å². The number of nitrogens with one attached hydrogen (secondary N) is 1. The van der Waals surface area contributed by atoms with Gasteiger partial charge in [0.25, 0.3) is 0 Å². The minimum absolute atomic E-state index is 0.137. The Kier molecular flexibility index (Phi) is 7.12. The third-order valence-corrected chi connectivity index (χ3v) is 6.94. The average molecular weight is 480 g/mol. The van der Waals surface area contributed by atoms with Crippen molar-refractivity contribution in [2.24, 2.45) is 0 Å². The molecule has 1 heterocycles. The lowest BCUT2D eigenvalue weighted by Gasteiger charge is -2.46. The molecule has 0 unspecified atom stereocenters. The molecule has 0 bridgehead atoms. The third-order valence-electron chi connectivity index (χ3n) is 5.49. The van der Waals surface area contributed by atoms with Crippen LogP contribution in [0.25, 0.3) is 0 Å². The van der Waals surface area contributed by atoms with E-state index in [9.17, 15) is 18.0 Å². The first-order valence-corrected chi connectivity index (χ1v) is 12.2. The van der Waals surface area contributed by atoms with E-state index >= 15 is 0 Å². The number of hydrogen-bond donors (Lipinski definition) is 1. The monoisotopic (exact) mass is 479 g/mol. The SMILES string of the molecule is COc1cccc(CN2C(=O)CN(S(C)(=O)=O)C[C@]2(C)C(=O)NCc2ccc(Cl)cc2)c1. The highest BCUT2D eigenvalue weighted by molar-refractivity contribution is 7.88. The maximum Gasteiger partial charge on any atom is 0.247 e. The van der Waals surface area contributed by atoms with E-state index in [-0.39, 0.29) is 26.2 Å². The maximum absolute atomic E-state index is 13.3. The van der Waals surface area contributed by atoms with Crippen molar-refractivity contribution in [3.8, 4) is 5.75 Å². The van der Waals surface area contributed by atoms with Gasteiger partial charge in [0.2, 0.25) is 21.8 Å². The standard InChI is InChI=1S/C22H26ClN3O5S/c1-22(21(28)24-12-16-7-9-18(23)10-8-16)15-25(32(3,29)30)14-20(27)26(22)13-17-5-4-6-19(11-17)31-2/h4-11H,12-15H2,1-3H3,(H,24,28)/t22-/m1/s1. The van der Waals surface area contributed by atoms with Gasteiger partial charge in [-0.15, -0.1) is 0 Å². The van der Waals surface area contributed by atoms with Crippen LogP contribution in [-0.4, -0.2) is 61.4 Å². The average Bonchev–Trinajstić information content (AvgIpc) is 2.75. The van der Waals surface area contributed by atoms with Crippen molar-refractivity contribution >= 4 is 33.4 Å². The highest BCUT2D eigenvalue weighted by Gasteiger charge is 2.49. The molecule has 2 aromatic rings. The number of rotatable bonds is 7. The smallest absolute Gasteiger partial charge is 0.247 e. The van der Waals surface area contributed by atoms with Crippen LogP contribution in [0.15, 0.2) is 48.5 Å². The van der Waals surface area contributed by atoms with Crippen molar-refractivity contribution in [2.75, 3.05) is 26.5 Å². The summed E-state index contributed by atoms with van der Waals surface area (Å²) in [5.74, 6) is -0.274. The van der Waals surface area contributed by atoms with Crippen LogP contribution in [0.2, 0.25) is 5.02 Å². The molecule has 0 radical (unpaired) electrons. The van der Waals surface area contributed by atoms with Crippen LogP contribution in [-0.2, 0) is 32.7 Å². The predicted molar refractivity (Wildman–Crippen MR) is 122 cm³/mol. The van der Waals surface area contributed by atoms with Crippen molar-refractivity contribution in [3.63, 3.8) is 0 Å². The summed E-state index contributed by atoms with van der Waals surface area (Å²) in [6.07, 6.45) is 1.03. The topological polar surface area (TPSA) is 96.0 Å². The zero-order chi connectivity index (χ0) is 23.5. The number of piperazine rings is 1. The summed E-state index contributed by atoms with van der Waals surface area (Å²) in [6, 6.07) is 14.2. The number of halogens is 1. The fourth-order valence-corrected chi connectivity index (χ4v) is 4.57. The van der Waals surface area contributed by atoms with Crippen LogP contribution in [0.4, 0.5) is 0 Å². The molecule has 2 aromatic carbocycles. The number of amides is 2. The number of hydrogen-bond acceptors (Lipinski definition) is 5. The molecule has 1 fully saturated rings. The molecule has 0 aliphatic carbocycles. The summed E-state index contributed by atoms with van der Waals surface area (Å²) in [5.41, 5.74) is 0.184. The van der Waals surface area contributed by atoms with Gasteiger partial charge >= 0.3 is 0 Å². The van der Waals surface area contributed by atoms with E-state index in [1.807, 2.05) is 6.07 Å². The Morgan fingerprint density at radius 2 is 1.88 bits per heavy atom. The molecule has 1 atom stereocenters. The van der Waals surface area contributed by atoms with Gasteiger partial charge in [0.15, 0.2) is 0 Å². The normalized spacial score (nSPS) is 19.6. The molecule has 2 amide bonds. The summed E-state index contributed by atoms with van der Waals surface area (Å²) in [6.45, 7) is 1.47. The lowest BCUT2D eigenvalue weighted by atomic mass is 9.94. The molecule has 10 heteroatoms. The van der Waals surface area contributed by atoms with Gasteiger partial charge in [-0.3, -0.25) is 9.59 Å². The Morgan fingerprint density at radius 3 is 2.50 bits per heavy atom. The summed E-state index contributed by atoms with van der Waals surface area (Å²) >= 11 is 5.91. The largest absolute Gasteiger partial charge is 0.497 e. The van der Waals surface area contributed by atoms with Crippen LogP contribution >= 0.6 is 11.6 Å². The zero-order valence-corrected chi connectivity index (χ0v) is 19.7. The summed E-state index contributed by atoms with van der Waals surface area (Å²) < 4.78 is 30.7. The van der Waals surface area contributed by atoms with Gasteiger partial charge in [-0.1, -0.05) is 35.9 Å². The fraction of sp³-hybridized carbons (Fsp3) is 0.364. The molecule has 172 valence electrons. The van der Waals surface area contributed by atoms with Crippen molar-refractivity contribution in [1.82, 2.24) is 14.5 Å². The minimum atomic E-state index is -3.67. The number of benzene rings is 2. The van der Waals surface area contributed by atoms with E-state index in [1.54, 1.807) is 56.5 Å². The molecular weight excluding hydrogens is 454 g/mol. The maximum atomic E-state index is 13.3. The lowest BCUT2D eigenvalue weighted by Crippen LogP contribution is -2.69. The molecule has 0 aromatic heterocycles. The number of ether oxygens (including phenoxy) is 1. The highest BCUT2D eigenvalue weighted by atomic mass is 35.5. The van der Waals surface area contributed by atoms with Gasteiger partial charge in [-0.2, -0.15) is 4.31 Å². The van der Waals surface area contributed by atoms with Crippen molar-refractivity contribution in [3.05, 3.63) is 64.7 Å². The first-order valence-electron chi connectivity index (χ1n) is 9.94. The van der Waals surface area contributed by atoms with E-state index in [4.69, 9.17) is 16.3 Å². The van der Waals surface area contributed by atoms with E-state index in [2.05, 4.69) is 5.32 Å². The minimum Gasteiger partial charge on any atom is -0.497 e. The van der Waals surface area contributed by atoms with E-state index in [0.717, 1.165) is 21.7 Å². The Bertz CT molecular complexity index is 1110. The van der Waals surface area contributed by atoms with E-state index in [1.165, 1.54) is 4.90 Å². The summed E-state index contributed by atoms with van der Waals surface area (Å²) in [4.78, 5) is 27.8. The van der Waals surface area contributed by atoms with Crippen LogP contribution in [0.1, 0.15) is 18.1 Å². The van der Waals surface area contributed by atoms with E-state index < -0.39 is 27.4 Å². The molecule has 1 aliphatic heterocycles. The zero-order valence-electron chi connectivity index (χ0n) is 18.2. The molecular formula is C22H26ClN3O5S. The Balaban J connectivity index is 1.88. The lowest BCUT2D eigenvalue weighted by molar-refractivity contribution is -0.153. The van der Waals surface area contributed by atoms with Gasteiger partial charge in [0, 0.05) is 24.7 Å². The van der Waals surface area contributed by atoms with Gasteiger partial charge in [0.05, 0.1) is 19.9 Å². The Morgan fingerprint density at radius 1 is 1.19 bits per heavy atom. The predicted octanol–water partition coefficient (Wildman–Crippen LogP) is 2.03. The first kappa shape index (κ1) is 24.0. The van der Waals surface area contributed by atoms with Crippen LogP contribution in [0.3, 0.4) is 0 Å². The third kappa shape index (κ3) is 5.40. The van der Waals surface area contributed by atoms with Gasteiger partial charge in [-0.25, -0.2) is 8.42 Å². The fourth-order valence-electron chi connectivity index (χ4n) is 3.62. The van der Waals surface area contributed by atoms with Gasteiger partial charge in [0.1, 0.15) is 11.3 Å². The summed E-state index contributed by atoms with van der Waals surface area (Å²) in [7, 11) is -2.13. The number of sulfonamides is 1. The second-order valence-corrected chi connectivity index (χ2v) is 10.4. The number of carbonyl (C=O) groups is 2. The quantitative estimate of drug-likeness (QED) is 0.655. The number of nitrogens with zero attached hydrogens (tertiary/aromatic N) is 2. The molecule has 1 aliphatic rings. The van der Waals surface area contributed by atoms with Gasteiger partial charge in [-0.05, 0) is 42.3 Å². The van der Waals surface area contributed by atoms with Crippen LogP contribution in [0, 0.1) is 0 Å². The van der Waals surface area contributed by atoms with Crippen molar-refractivity contribution in [1.29, 1.82) is 0 Å². The molecule has 1 N–H and O–H groups in total. The Hall–Kier alpha value is -2.62. The molecule has 32 heavy (non-hydrogen) atoms. The molecule has 0 saturated carbocycles. The first-order chi connectivity index (χ1) is 15.0. The van der Waals surface area contributed by atoms with Crippen molar-refractivity contribution in [2.45, 2.75) is 25.6 Å². The molecule has 3 rings (SSSR count). The highest BCUT2D eigenvalue weighted by Crippen LogP contribution is 2.28. The summed E-state index contributed by atoms with van der Waals surface area (Å²) in [5, 5.41) is 3.42. The number of methoxy groups -OCH3 is 1. The second-order valence-electron chi connectivity index (χ2n) is 7.95. The number of carbonyl (C=O) groups excluding carboxylic acids is 2. The molecule has 0 spiro atoms.